The lowest BCUT2D eigenvalue weighted by atomic mass is 9.98. The van der Waals surface area contributed by atoms with Crippen LogP contribution < -0.4 is 0 Å². The van der Waals surface area contributed by atoms with E-state index >= 15 is 0 Å². The van der Waals surface area contributed by atoms with Gasteiger partial charge in [0, 0.05) is 12.8 Å². The molecule has 3 heteroatoms. The van der Waals surface area contributed by atoms with E-state index in [-0.39, 0.29) is 17.3 Å². The van der Waals surface area contributed by atoms with Gasteiger partial charge in [-0.2, -0.15) is 0 Å². The molecular weight excluding hydrogens is 324 g/mol. The highest BCUT2D eigenvalue weighted by atomic mass is 16.3. The minimum absolute atomic E-state index is 0.200. The van der Waals surface area contributed by atoms with Crippen LogP contribution in [0.5, 0.6) is 11.5 Å². The largest absolute Gasteiger partial charge is 0.508 e. The molecule has 0 spiro atoms. The SMILES string of the molecule is CC.CC.Cc1ccc(O)cc1CCC(=O)CCc1cc(O)ccc1C. The van der Waals surface area contributed by atoms with E-state index in [0.717, 1.165) is 22.3 Å². The molecule has 0 saturated carbocycles. The fourth-order valence-electron chi connectivity index (χ4n) is 2.53. The van der Waals surface area contributed by atoms with Gasteiger partial charge in [0.25, 0.3) is 0 Å². The van der Waals surface area contributed by atoms with Gasteiger partial charge in [0.1, 0.15) is 17.3 Å². The van der Waals surface area contributed by atoms with E-state index in [1.165, 1.54) is 0 Å². The number of phenolic OH excluding ortho intramolecular Hbond substituents is 2. The minimum atomic E-state index is 0.200. The summed E-state index contributed by atoms with van der Waals surface area (Å²) in [5, 5.41) is 19.0. The molecule has 0 fully saturated rings. The number of ketones is 1. The van der Waals surface area contributed by atoms with Crippen LogP contribution in [0.2, 0.25) is 0 Å². The maximum atomic E-state index is 12.1. The molecule has 3 nitrogen and oxygen atoms in total. The number of benzene rings is 2. The molecule has 26 heavy (non-hydrogen) atoms. The Morgan fingerprint density at radius 3 is 1.42 bits per heavy atom. The second-order valence-corrected chi connectivity index (χ2v) is 5.76. The summed E-state index contributed by atoms with van der Waals surface area (Å²) in [4.78, 5) is 12.1. The molecule has 2 aromatic carbocycles. The van der Waals surface area contributed by atoms with Crippen molar-refractivity contribution in [2.75, 3.05) is 0 Å². The quantitative estimate of drug-likeness (QED) is 0.675. The maximum absolute atomic E-state index is 12.1. The molecule has 0 heterocycles. The van der Waals surface area contributed by atoms with E-state index < -0.39 is 0 Å². The third-order valence-corrected chi connectivity index (χ3v) is 4.01. The van der Waals surface area contributed by atoms with Crippen molar-refractivity contribution in [2.24, 2.45) is 0 Å². The second-order valence-electron chi connectivity index (χ2n) is 5.76. The van der Waals surface area contributed by atoms with Gasteiger partial charge in [-0.25, -0.2) is 0 Å². The number of phenols is 2. The normalized spacial score (nSPS) is 9.46. The van der Waals surface area contributed by atoms with Crippen molar-refractivity contribution in [1.29, 1.82) is 0 Å². The summed E-state index contributed by atoms with van der Waals surface area (Å²) < 4.78 is 0. The summed E-state index contributed by atoms with van der Waals surface area (Å²) >= 11 is 0. The first-order chi connectivity index (χ1) is 12.5. The molecule has 2 N–H and O–H groups in total. The molecule has 144 valence electrons. The summed E-state index contributed by atoms with van der Waals surface area (Å²) in [6.07, 6.45) is 2.25. The van der Waals surface area contributed by atoms with Crippen LogP contribution in [-0.2, 0) is 17.6 Å². The molecular formula is C23H34O3. The zero-order valence-corrected chi connectivity index (χ0v) is 17.1. The number of hydrogen-bond acceptors (Lipinski definition) is 3. The summed E-state index contributed by atoms with van der Waals surface area (Å²) in [6.45, 7) is 12.0. The number of aromatic hydroxyl groups is 2. The lowest BCUT2D eigenvalue weighted by molar-refractivity contribution is -0.119. The third kappa shape index (κ3) is 8.19. The van der Waals surface area contributed by atoms with Gasteiger partial charge in [-0.15, -0.1) is 0 Å². The molecule has 0 unspecified atom stereocenters. The van der Waals surface area contributed by atoms with Gasteiger partial charge in [-0.05, 0) is 73.2 Å². The lowest BCUT2D eigenvalue weighted by Gasteiger charge is -2.08. The third-order valence-electron chi connectivity index (χ3n) is 4.01. The number of aryl methyl sites for hydroxylation is 4. The molecule has 2 rings (SSSR count). The van der Waals surface area contributed by atoms with Crippen LogP contribution in [-0.4, -0.2) is 16.0 Å². The molecule has 0 aromatic heterocycles. The van der Waals surface area contributed by atoms with E-state index in [1.807, 2.05) is 53.7 Å². The van der Waals surface area contributed by atoms with Crippen LogP contribution in [0.15, 0.2) is 36.4 Å². The smallest absolute Gasteiger partial charge is 0.133 e. The zero-order valence-electron chi connectivity index (χ0n) is 17.1. The van der Waals surface area contributed by atoms with Crippen LogP contribution in [0.4, 0.5) is 0 Å². The molecule has 0 atom stereocenters. The average molecular weight is 359 g/mol. The molecule has 0 aliphatic heterocycles. The summed E-state index contributed by atoms with van der Waals surface area (Å²) in [5.41, 5.74) is 4.22. The Bertz CT molecular complexity index is 618. The van der Waals surface area contributed by atoms with Crippen molar-refractivity contribution in [2.45, 2.75) is 67.2 Å². The predicted molar refractivity (Wildman–Crippen MR) is 110 cm³/mol. The summed E-state index contributed by atoms with van der Waals surface area (Å²) in [6, 6.07) is 10.5. The van der Waals surface area contributed by atoms with Crippen molar-refractivity contribution < 1.29 is 15.0 Å². The first-order valence-corrected chi connectivity index (χ1v) is 9.54. The standard InChI is InChI=1S/C19H22O3.2C2H6/c1-13-3-7-18(21)11-15(13)5-9-17(20)10-6-16-12-19(22)8-4-14(16)2;2*1-2/h3-4,7-8,11-12,21-22H,5-6,9-10H2,1-2H3;2*1-2H3. The Morgan fingerprint density at radius 2 is 1.08 bits per heavy atom. The average Bonchev–Trinajstić information content (AvgIpc) is 2.66. The van der Waals surface area contributed by atoms with Crippen LogP contribution in [0.25, 0.3) is 0 Å². The summed E-state index contributed by atoms with van der Waals surface area (Å²) in [5.74, 6) is 0.678. The Morgan fingerprint density at radius 1 is 0.731 bits per heavy atom. The number of Topliss-reactive ketones (excluding diaryl/α,β-unsaturated/α-hetero) is 1. The monoisotopic (exact) mass is 358 g/mol. The maximum Gasteiger partial charge on any atom is 0.133 e. The second kappa shape index (κ2) is 13.0. The number of carbonyl (C=O) groups excluding carboxylic acids is 1. The van der Waals surface area contributed by atoms with Gasteiger partial charge in [-0.3, -0.25) is 4.79 Å². The molecule has 2 aromatic rings. The van der Waals surface area contributed by atoms with E-state index in [4.69, 9.17) is 0 Å². The molecule has 0 radical (unpaired) electrons. The predicted octanol–water partition coefficient (Wildman–Crippen LogP) is 5.90. The van der Waals surface area contributed by atoms with Crippen molar-refractivity contribution in [3.8, 4) is 11.5 Å². The van der Waals surface area contributed by atoms with Gasteiger partial charge in [0.05, 0.1) is 0 Å². The minimum Gasteiger partial charge on any atom is -0.508 e. The Hall–Kier alpha value is -2.29. The molecule has 0 saturated heterocycles. The Kier molecular flexibility index (Phi) is 11.8. The molecule has 0 bridgehead atoms. The summed E-state index contributed by atoms with van der Waals surface area (Å²) in [7, 11) is 0. The highest BCUT2D eigenvalue weighted by Crippen LogP contribution is 2.19. The highest BCUT2D eigenvalue weighted by molar-refractivity contribution is 5.79. The molecule has 0 amide bonds. The van der Waals surface area contributed by atoms with E-state index in [1.54, 1.807) is 24.3 Å². The zero-order chi connectivity index (χ0) is 20.1. The van der Waals surface area contributed by atoms with Crippen LogP contribution in [0.3, 0.4) is 0 Å². The van der Waals surface area contributed by atoms with Gasteiger partial charge in [-0.1, -0.05) is 39.8 Å². The number of carbonyl (C=O) groups is 1. The van der Waals surface area contributed by atoms with E-state index in [2.05, 4.69) is 0 Å². The Balaban J connectivity index is 0.00000146. The van der Waals surface area contributed by atoms with E-state index in [9.17, 15) is 15.0 Å². The first-order valence-electron chi connectivity index (χ1n) is 9.54. The highest BCUT2D eigenvalue weighted by Gasteiger charge is 2.08. The van der Waals surface area contributed by atoms with Gasteiger partial charge in [0.2, 0.25) is 0 Å². The van der Waals surface area contributed by atoms with Gasteiger partial charge < -0.3 is 10.2 Å². The van der Waals surface area contributed by atoms with Crippen LogP contribution in [0.1, 0.15) is 62.8 Å². The van der Waals surface area contributed by atoms with Gasteiger partial charge >= 0.3 is 0 Å². The first kappa shape index (κ1) is 23.7. The van der Waals surface area contributed by atoms with Crippen molar-refractivity contribution in [3.05, 3.63) is 58.7 Å². The van der Waals surface area contributed by atoms with Crippen molar-refractivity contribution >= 4 is 5.78 Å². The Labute approximate surface area is 158 Å². The fourth-order valence-corrected chi connectivity index (χ4v) is 2.53. The molecule has 0 aliphatic carbocycles. The van der Waals surface area contributed by atoms with Crippen molar-refractivity contribution in [1.82, 2.24) is 0 Å². The van der Waals surface area contributed by atoms with Crippen molar-refractivity contribution in [3.63, 3.8) is 0 Å². The lowest BCUT2D eigenvalue weighted by Crippen LogP contribution is -2.03. The van der Waals surface area contributed by atoms with E-state index in [0.29, 0.717) is 25.7 Å². The van der Waals surface area contributed by atoms with Gasteiger partial charge in [0.15, 0.2) is 0 Å². The topological polar surface area (TPSA) is 57.5 Å². The number of hydrogen-bond donors (Lipinski definition) is 2. The number of rotatable bonds is 6. The van der Waals surface area contributed by atoms with Crippen LogP contribution >= 0.6 is 0 Å². The molecule has 0 aliphatic rings. The fraction of sp³-hybridized carbons (Fsp3) is 0.435. The van der Waals surface area contributed by atoms with Crippen LogP contribution in [0, 0.1) is 13.8 Å².